The third-order valence-corrected chi connectivity index (χ3v) is 3.52. The molecule has 6 heteroatoms. The van der Waals surface area contributed by atoms with Gasteiger partial charge in [-0.1, -0.05) is 12.1 Å². The lowest BCUT2D eigenvalue weighted by Gasteiger charge is -2.24. The summed E-state index contributed by atoms with van der Waals surface area (Å²) in [5, 5.41) is 5.94. The quantitative estimate of drug-likeness (QED) is 0.860. The second-order valence-corrected chi connectivity index (χ2v) is 7.14. The first-order chi connectivity index (χ1) is 12.2. The van der Waals surface area contributed by atoms with Crippen LogP contribution in [0.1, 0.15) is 31.1 Å². The van der Waals surface area contributed by atoms with Crippen molar-refractivity contribution in [2.24, 2.45) is 0 Å². The lowest BCUT2D eigenvalue weighted by Crippen LogP contribution is -2.46. The zero-order chi connectivity index (χ0) is 19.3. The highest BCUT2D eigenvalue weighted by atomic mass is 19.1. The van der Waals surface area contributed by atoms with Gasteiger partial charge in [-0.25, -0.2) is 4.39 Å². The van der Waals surface area contributed by atoms with E-state index < -0.39 is 0 Å². The van der Waals surface area contributed by atoms with Crippen LogP contribution in [0.25, 0.3) is 0 Å². The zero-order valence-corrected chi connectivity index (χ0v) is 15.5. The first-order valence-corrected chi connectivity index (χ1v) is 8.34. The molecule has 0 aromatic heterocycles. The van der Waals surface area contributed by atoms with Crippen LogP contribution >= 0.6 is 0 Å². The molecule has 0 saturated carbocycles. The van der Waals surface area contributed by atoms with E-state index in [2.05, 4.69) is 10.6 Å². The zero-order valence-electron chi connectivity index (χ0n) is 15.5. The fourth-order valence-corrected chi connectivity index (χ4v) is 2.42. The number of hydrogen-bond acceptors (Lipinski definition) is 3. The Hall–Kier alpha value is -2.89. The van der Waals surface area contributed by atoms with Crippen LogP contribution in [0.3, 0.4) is 0 Å². The van der Waals surface area contributed by atoms with E-state index >= 15 is 0 Å². The van der Waals surface area contributed by atoms with Gasteiger partial charge >= 0.3 is 0 Å². The number of rotatable bonds is 5. The Balaban J connectivity index is 2.13. The average Bonchev–Trinajstić information content (AvgIpc) is 2.55. The Morgan fingerprint density at radius 3 is 2.27 bits per heavy atom. The van der Waals surface area contributed by atoms with E-state index in [9.17, 15) is 14.0 Å². The van der Waals surface area contributed by atoms with Gasteiger partial charge < -0.3 is 15.5 Å². The molecular formula is C20H24FN3O2. The molecule has 0 aliphatic rings. The van der Waals surface area contributed by atoms with Gasteiger partial charge in [0.25, 0.3) is 5.91 Å². The number of likely N-dealkylation sites (N-methyl/N-ethyl adjacent to an activating group) is 1. The predicted molar refractivity (Wildman–Crippen MR) is 101 cm³/mol. The highest BCUT2D eigenvalue weighted by Crippen LogP contribution is 2.22. The summed E-state index contributed by atoms with van der Waals surface area (Å²) in [4.78, 5) is 26.2. The molecular weight excluding hydrogens is 333 g/mol. The standard InChI is InChI=1S/C20H24FN3O2/c1-20(2,3)23-18(25)13-24(4)19(26)16-7-5-6-8-17(16)22-15-11-9-14(21)10-12-15/h5-12,22H,13H2,1-4H3,(H,23,25). The topological polar surface area (TPSA) is 61.4 Å². The number of nitrogens with zero attached hydrogens (tertiary/aromatic N) is 1. The normalized spacial score (nSPS) is 11.0. The van der Waals surface area contributed by atoms with Gasteiger partial charge in [-0.05, 0) is 57.2 Å². The minimum absolute atomic E-state index is 0.0407. The SMILES string of the molecule is CN(CC(=O)NC(C)(C)C)C(=O)c1ccccc1Nc1ccc(F)cc1. The molecule has 2 N–H and O–H groups in total. The summed E-state index contributed by atoms with van der Waals surface area (Å²) in [6.45, 7) is 5.61. The van der Waals surface area contributed by atoms with Crippen LogP contribution in [0.2, 0.25) is 0 Å². The van der Waals surface area contributed by atoms with Gasteiger partial charge in [0, 0.05) is 18.3 Å². The number of benzene rings is 2. The van der Waals surface area contributed by atoms with E-state index in [-0.39, 0.29) is 29.7 Å². The fraction of sp³-hybridized carbons (Fsp3) is 0.300. The summed E-state index contributed by atoms with van der Waals surface area (Å²) in [7, 11) is 1.58. The summed E-state index contributed by atoms with van der Waals surface area (Å²) < 4.78 is 13.1. The lowest BCUT2D eigenvalue weighted by molar-refractivity contribution is -0.122. The smallest absolute Gasteiger partial charge is 0.256 e. The molecule has 138 valence electrons. The van der Waals surface area contributed by atoms with Gasteiger partial charge in [-0.2, -0.15) is 0 Å². The van der Waals surface area contributed by atoms with Crippen LogP contribution in [0.5, 0.6) is 0 Å². The average molecular weight is 357 g/mol. The first kappa shape index (κ1) is 19.4. The monoisotopic (exact) mass is 357 g/mol. The number of halogens is 1. The Kier molecular flexibility index (Phi) is 5.97. The molecule has 2 aromatic carbocycles. The maximum atomic E-state index is 13.1. The van der Waals surface area contributed by atoms with Gasteiger partial charge in [-0.3, -0.25) is 9.59 Å². The van der Waals surface area contributed by atoms with Gasteiger partial charge in [0.05, 0.1) is 17.8 Å². The number of hydrogen-bond donors (Lipinski definition) is 2. The van der Waals surface area contributed by atoms with Crippen molar-refractivity contribution in [3.8, 4) is 0 Å². The molecule has 0 heterocycles. The van der Waals surface area contributed by atoms with Crippen molar-refractivity contribution in [1.82, 2.24) is 10.2 Å². The Morgan fingerprint density at radius 1 is 1.04 bits per heavy atom. The summed E-state index contributed by atoms with van der Waals surface area (Å²) in [5.41, 5.74) is 1.33. The van der Waals surface area contributed by atoms with E-state index in [4.69, 9.17) is 0 Å². The maximum Gasteiger partial charge on any atom is 0.256 e. The predicted octanol–water partition coefficient (Wildman–Crippen LogP) is 3.56. The molecule has 0 aliphatic carbocycles. The van der Waals surface area contributed by atoms with Crippen LogP contribution in [-0.4, -0.2) is 35.8 Å². The van der Waals surface area contributed by atoms with Gasteiger partial charge in [0.15, 0.2) is 0 Å². The summed E-state index contributed by atoms with van der Waals surface area (Å²) >= 11 is 0. The lowest BCUT2D eigenvalue weighted by atomic mass is 10.1. The number of carbonyl (C=O) groups excluding carboxylic acids is 2. The second kappa shape index (κ2) is 7.99. The van der Waals surface area contributed by atoms with Crippen molar-refractivity contribution >= 4 is 23.2 Å². The van der Waals surface area contributed by atoms with Crippen LogP contribution in [0.4, 0.5) is 15.8 Å². The van der Waals surface area contributed by atoms with Crippen molar-refractivity contribution in [2.45, 2.75) is 26.3 Å². The molecule has 5 nitrogen and oxygen atoms in total. The number of amides is 2. The van der Waals surface area contributed by atoms with Crippen molar-refractivity contribution in [3.63, 3.8) is 0 Å². The van der Waals surface area contributed by atoms with Crippen molar-refractivity contribution in [3.05, 3.63) is 59.9 Å². The minimum Gasteiger partial charge on any atom is -0.355 e. The van der Waals surface area contributed by atoms with E-state index in [1.807, 2.05) is 20.8 Å². The molecule has 0 aliphatic heterocycles. The highest BCUT2D eigenvalue weighted by molar-refractivity contribution is 6.01. The van der Waals surface area contributed by atoms with Crippen LogP contribution in [0.15, 0.2) is 48.5 Å². The van der Waals surface area contributed by atoms with Crippen molar-refractivity contribution in [1.29, 1.82) is 0 Å². The third kappa shape index (κ3) is 5.58. The molecule has 2 aromatic rings. The molecule has 0 unspecified atom stereocenters. The van der Waals surface area contributed by atoms with Crippen LogP contribution in [0, 0.1) is 5.82 Å². The second-order valence-electron chi connectivity index (χ2n) is 7.14. The molecule has 0 saturated heterocycles. The molecule has 0 atom stereocenters. The van der Waals surface area contributed by atoms with E-state index in [0.717, 1.165) is 0 Å². The third-order valence-electron chi connectivity index (χ3n) is 3.52. The maximum absolute atomic E-state index is 13.1. The van der Waals surface area contributed by atoms with Crippen molar-refractivity contribution in [2.75, 3.05) is 18.9 Å². The molecule has 0 spiro atoms. The first-order valence-electron chi connectivity index (χ1n) is 8.34. The van der Waals surface area contributed by atoms with E-state index in [1.165, 1.54) is 17.0 Å². The summed E-state index contributed by atoms with van der Waals surface area (Å²) in [6, 6.07) is 12.9. The summed E-state index contributed by atoms with van der Waals surface area (Å²) in [5.74, 6) is -0.832. The number of para-hydroxylation sites is 1. The van der Waals surface area contributed by atoms with E-state index in [1.54, 1.807) is 43.4 Å². The van der Waals surface area contributed by atoms with Gasteiger partial charge in [0.1, 0.15) is 5.82 Å². The summed E-state index contributed by atoms with van der Waals surface area (Å²) in [6.07, 6.45) is 0. The fourth-order valence-electron chi connectivity index (χ4n) is 2.42. The number of carbonyl (C=O) groups is 2. The number of anilines is 2. The van der Waals surface area contributed by atoms with Gasteiger partial charge in [-0.15, -0.1) is 0 Å². The molecule has 0 radical (unpaired) electrons. The minimum atomic E-state index is -0.358. The van der Waals surface area contributed by atoms with Gasteiger partial charge in [0.2, 0.25) is 5.91 Å². The molecule has 0 fully saturated rings. The number of nitrogens with one attached hydrogen (secondary N) is 2. The van der Waals surface area contributed by atoms with E-state index in [0.29, 0.717) is 16.9 Å². The molecule has 0 bridgehead atoms. The van der Waals surface area contributed by atoms with Crippen molar-refractivity contribution < 1.29 is 14.0 Å². The Morgan fingerprint density at radius 2 is 1.65 bits per heavy atom. The molecule has 26 heavy (non-hydrogen) atoms. The van der Waals surface area contributed by atoms with Crippen LogP contribution in [-0.2, 0) is 4.79 Å². The highest BCUT2D eigenvalue weighted by Gasteiger charge is 2.20. The molecule has 2 amide bonds. The Labute approximate surface area is 153 Å². The van der Waals surface area contributed by atoms with Crippen LogP contribution < -0.4 is 10.6 Å². The molecule has 2 rings (SSSR count). The largest absolute Gasteiger partial charge is 0.355 e. The Bertz CT molecular complexity index is 782.